The van der Waals surface area contributed by atoms with Crippen molar-refractivity contribution in [1.29, 1.82) is 0 Å². The number of aromatic nitrogens is 2. The number of nitrogens with one attached hydrogen (secondary N) is 1. The summed E-state index contributed by atoms with van der Waals surface area (Å²) >= 11 is 26.0. The summed E-state index contributed by atoms with van der Waals surface area (Å²) in [6.45, 7) is 0.383. The molecule has 27 heavy (non-hydrogen) atoms. The first-order valence-electron chi connectivity index (χ1n) is 7.69. The number of thioether (sulfide) groups is 1. The Morgan fingerprint density at radius 2 is 1.85 bits per heavy atom. The minimum absolute atomic E-state index is 0.248. The van der Waals surface area contributed by atoms with Gasteiger partial charge in [-0.2, -0.15) is 5.10 Å². The number of anilines is 1. The SMILES string of the molecule is CSc1ccc(Cl)c(C(=O)Nc2nn(Cc3ccc(Cl)cc3Cl)cc2Cl)c1. The number of rotatable bonds is 5. The van der Waals surface area contributed by atoms with Crippen LogP contribution in [-0.4, -0.2) is 21.9 Å². The van der Waals surface area contributed by atoms with Gasteiger partial charge < -0.3 is 5.32 Å². The van der Waals surface area contributed by atoms with Gasteiger partial charge in [-0.1, -0.05) is 52.5 Å². The van der Waals surface area contributed by atoms with E-state index in [1.165, 1.54) is 11.8 Å². The van der Waals surface area contributed by atoms with Crippen molar-refractivity contribution in [2.75, 3.05) is 11.6 Å². The summed E-state index contributed by atoms with van der Waals surface area (Å²) in [6, 6.07) is 10.5. The summed E-state index contributed by atoms with van der Waals surface area (Å²) < 4.78 is 1.59. The van der Waals surface area contributed by atoms with Gasteiger partial charge in [0, 0.05) is 21.1 Å². The normalized spacial score (nSPS) is 10.9. The molecule has 0 aliphatic rings. The molecular formula is C18H13Cl4N3OS. The van der Waals surface area contributed by atoms with Crippen LogP contribution in [0, 0.1) is 0 Å². The highest BCUT2D eigenvalue weighted by molar-refractivity contribution is 7.98. The first-order chi connectivity index (χ1) is 12.9. The summed E-state index contributed by atoms with van der Waals surface area (Å²) in [5.74, 6) is -0.134. The molecule has 0 saturated heterocycles. The molecule has 0 saturated carbocycles. The van der Waals surface area contributed by atoms with E-state index in [-0.39, 0.29) is 11.7 Å². The van der Waals surface area contributed by atoms with E-state index < -0.39 is 0 Å². The van der Waals surface area contributed by atoms with Crippen LogP contribution in [0.25, 0.3) is 0 Å². The standard InChI is InChI=1S/C18H13Cl4N3OS/c1-27-12-4-5-14(20)13(7-12)18(26)23-17-16(22)9-25(24-17)8-10-2-3-11(19)6-15(10)21/h2-7,9H,8H2,1H3,(H,23,24,26). The maximum absolute atomic E-state index is 12.6. The van der Waals surface area contributed by atoms with Gasteiger partial charge in [-0.05, 0) is 42.2 Å². The zero-order chi connectivity index (χ0) is 19.6. The molecule has 1 aromatic heterocycles. The van der Waals surface area contributed by atoms with Crippen molar-refractivity contribution in [2.24, 2.45) is 0 Å². The molecule has 0 fully saturated rings. The maximum Gasteiger partial charge on any atom is 0.258 e. The smallest absolute Gasteiger partial charge is 0.258 e. The molecule has 140 valence electrons. The van der Waals surface area contributed by atoms with E-state index in [1.54, 1.807) is 35.1 Å². The van der Waals surface area contributed by atoms with Crippen LogP contribution in [-0.2, 0) is 6.54 Å². The van der Waals surface area contributed by atoms with Crippen molar-refractivity contribution >= 4 is 69.9 Å². The molecule has 0 bridgehead atoms. The number of hydrogen-bond acceptors (Lipinski definition) is 3. The molecule has 9 heteroatoms. The monoisotopic (exact) mass is 459 g/mol. The lowest BCUT2D eigenvalue weighted by molar-refractivity contribution is 0.102. The van der Waals surface area contributed by atoms with Crippen LogP contribution in [0.15, 0.2) is 47.5 Å². The molecule has 1 amide bonds. The fraction of sp³-hybridized carbons (Fsp3) is 0.111. The molecule has 0 radical (unpaired) electrons. The molecule has 0 atom stereocenters. The van der Waals surface area contributed by atoms with E-state index in [4.69, 9.17) is 46.4 Å². The van der Waals surface area contributed by atoms with Gasteiger partial charge in [0.15, 0.2) is 5.82 Å². The van der Waals surface area contributed by atoms with Crippen molar-refractivity contribution in [3.63, 3.8) is 0 Å². The van der Waals surface area contributed by atoms with E-state index >= 15 is 0 Å². The van der Waals surface area contributed by atoms with Crippen LogP contribution in [0.1, 0.15) is 15.9 Å². The van der Waals surface area contributed by atoms with E-state index in [0.717, 1.165) is 10.5 Å². The number of hydrogen-bond donors (Lipinski definition) is 1. The minimum atomic E-state index is -0.382. The first-order valence-corrected chi connectivity index (χ1v) is 10.4. The first kappa shape index (κ1) is 20.4. The van der Waals surface area contributed by atoms with E-state index in [2.05, 4.69) is 10.4 Å². The summed E-state index contributed by atoms with van der Waals surface area (Å²) in [6.07, 6.45) is 3.54. The molecule has 4 nitrogen and oxygen atoms in total. The van der Waals surface area contributed by atoms with Gasteiger partial charge in [0.2, 0.25) is 0 Å². The van der Waals surface area contributed by atoms with Gasteiger partial charge in [-0.3, -0.25) is 9.48 Å². The number of carbonyl (C=O) groups is 1. The van der Waals surface area contributed by atoms with Crippen LogP contribution in [0.3, 0.4) is 0 Å². The number of benzene rings is 2. The fourth-order valence-electron chi connectivity index (χ4n) is 2.37. The Bertz CT molecular complexity index is 1010. The van der Waals surface area contributed by atoms with Crippen LogP contribution >= 0.6 is 58.2 Å². The second-order valence-electron chi connectivity index (χ2n) is 5.56. The molecule has 0 aliphatic carbocycles. The molecule has 2 aromatic carbocycles. The predicted molar refractivity (Wildman–Crippen MR) is 114 cm³/mol. The zero-order valence-electron chi connectivity index (χ0n) is 14.0. The third kappa shape index (κ3) is 4.92. The third-order valence-electron chi connectivity index (χ3n) is 3.71. The van der Waals surface area contributed by atoms with Crippen molar-refractivity contribution < 1.29 is 4.79 Å². The average molecular weight is 461 g/mol. The summed E-state index contributed by atoms with van der Waals surface area (Å²) in [5, 5.41) is 8.77. The molecule has 1 N–H and O–H groups in total. The Labute approximate surface area is 180 Å². The highest BCUT2D eigenvalue weighted by Crippen LogP contribution is 2.27. The molecule has 0 aliphatic heterocycles. The van der Waals surface area contributed by atoms with Gasteiger partial charge in [-0.15, -0.1) is 11.8 Å². The number of amides is 1. The lowest BCUT2D eigenvalue weighted by Crippen LogP contribution is -2.14. The molecular weight excluding hydrogens is 448 g/mol. The lowest BCUT2D eigenvalue weighted by Gasteiger charge is -2.07. The topological polar surface area (TPSA) is 46.9 Å². The highest BCUT2D eigenvalue weighted by Gasteiger charge is 2.16. The Kier molecular flexibility index (Phi) is 6.61. The van der Waals surface area contributed by atoms with Crippen LogP contribution in [0.4, 0.5) is 5.82 Å². The molecule has 3 aromatic rings. The lowest BCUT2D eigenvalue weighted by atomic mass is 10.2. The third-order valence-corrected chi connectivity index (χ3v) is 5.63. The van der Waals surface area contributed by atoms with Gasteiger partial charge in [0.25, 0.3) is 5.91 Å². The Morgan fingerprint density at radius 3 is 2.56 bits per heavy atom. The van der Waals surface area contributed by atoms with Gasteiger partial charge in [0.1, 0.15) is 5.02 Å². The van der Waals surface area contributed by atoms with E-state index in [0.29, 0.717) is 32.2 Å². The Morgan fingerprint density at radius 1 is 1.07 bits per heavy atom. The predicted octanol–water partition coefficient (Wildman–Crippen LogP) is 6.52. The number of nitrogens with zero attached hydrogens (tertiary/aromatic N) is 2. The average Bonchev–Trinajstić information content (AvgIpc) is 2.97. The van der Waals surface area contributed by atoms with Crippen molar-refractivity contribution in [3.8, 4) is 0 Å². The van der Waals surface area contributed by atoms with Gasteiger partial charge >= 0.3 is 0 Å². The fourth-order valence-corrected chi connectivity index (χ4v) is 3.68. The van der Waals surface area contributed by atoms with E-state index in [9.17, 15) is 4.79 Å². The summed E-state index contributed by atoms with van der Waals surface area (Å²) in [7, 11) is 0. The second kappa shape index (κ2) is 8.76. The molecule has 1 heterocycles. The number of halogens is 4. The molecule has 0 spiro atoms. The minimum Gasteiger partial charge on any atom is -0.304 e. The van der Waals surface area contributed by atoms with Crippen molar-refractivity contribution in [3.05, 3.63) is 73.8 Å². The Hall–Kier alpha value is -1.37. The Balaban J connectivity index is 1.79. The van der Waals surface area contributed by atoms with Gasteiger partial charge in [-0.25, -0.2) is 0 Å². The van der Waals surface area contributed by atoms with E-state index in [1.807, 2.05) is 18.4 Å². The van der Waals surface area contributed by atoms with Crippen molar-refractivity contribution in [2.45, 2.75) is 11.4 Å². The summed E-state index contributed by atoms with van der Waals surface area (Å²) in [5.41, 5.74) is 1.18. The number of carbonyl (C=O) groups excluding carboxylic acids is 1. The summed E-state index contributed by atoms with van der Waals surface area (Å²) in [4.78, 5) is 13.5. The van der Waals surface area contributed by atoms with Crippen LogP contribution < -0.4 is 5.32 Å². The van der Waals surface area contributed by atoms with Crippen LogP contribution in [0.5, 0.6) is 0 Å². The van der Waals surface area contributed by atoms with Crippen LogP contribution in [0.2, 0.25) is 20.1 Å². The molecule has 0 unspecified atom stereocenters. The van der Waals surface area contributed by atoms with Gasteiger partial charge in [0.05, 0.1) is 17.1 Å². The maximum atomic E-state index is 12.6. The largest absolute Gasteiger partial charge is 0.304 e. The second-order valence-corrected chi connectivity index (χ2v) is 8.10. The highest BCUT2D eigenvalue weighted by atomic mass is 35.5. The quantitative estimate of drug-likeness (QED) is 0.441. The zero-order valence-corrected chi connectivity index (χ0v) is 17.8. The van der Waals surface area contributed by atoms with Crippen molar-refractivity contribution in [1.82, 2.24) is 9.78 Å². The molecule has 3 rings (SSSR count).